The molecule has 0 saturated carbocycles. The van der Waals surface area contributed by atoms with E-state index in [4.69, 9.17) is 14.2 Å². The summed E-state index contributed by atoms with van der Waals surface area (Å²) < 4.78 is 16.2. The smallest absolute Gasteiger partial charge is 0.253 e. The van der Waals surface area contributed by atoms with Gasteiger partial charge in [-0.05, 0) is 55.2 Å². The van der Waals surface area contributed by atoms with Crippen molar-refractivity contribution in [1.82, 2.24) is 10.6 Å². The fraction of sp³-hybridized carbons (Fsp3) is 0.391. The van der Waals surface area contributed by atoms with Crippen LogP contribution in [0, 0.1) is 0 Å². The minimum absolute atomic E-state index is 0.0862. The Bertz CT molecular complexity index is 941. The lowest BCUT2D eigenvalue weighted by molar-refractivity contribution is -0.124. The number of carbonyl (C=O) groups is 1. The minimum atomic E-state index is -0.345. The fourth-order valence-corrected chi connectivity index (χ4v) is 3.50. The molecule has 2 aromatic carbocycles. The second-order valence-electron chi connectivity index (χ2n) is 7.43. The molecular weight excluding hydrogens is 396 g/mol. The molecule has 4 rings (SSSR count). The fourth-order valence-electron chi connectivity index (χ4n) is 3.50. The molecule has 1 unspecified atom stereocenters. The highest BCUT2D eigenvalue weighted by Gasteiger charge is 2.23. The van der Waals surface area contributed by atoms with Crippen LogP contribution < -0.4 is 25.4 Å². The monoisotopic (exact) mass is 424 g/mol. The Labute approximate surface area is 182 Å². The highest BCUT2D eigenvalue weighted by Crippen LogP contribution is 2.32. The van der Waals surface area contributed by atoms with Crippen molar-refractivity contribution < 1.29 is 19.0 Å². The van der Waals surface area contributed by atoms with Crippen LogP contribution in [0.4, 0.5) is 5.69 Å². The lowest BCUT2D eigenvalue weighted by Crippen LogP contribution is -2.36. The Morgan fingerprint density at radius 2 is 2.00 bits per heavy atom. The van der Waals surface area contributed by atoms with Crippen LogP contribution in [0.3, 0.4) is 0 Å². The molecule has 0 radical (unpaired) electrons. The molecule has 2 aliphatic rings. The zero-order valence-corrected chi connectivity index (χ0v) is 17.6. The summed E-state index contributed by atoms with van der Waals surface area (Å²) in [5.41, 5.74) is 2.84. The number of carbonyl (C=O) groups excluding carboxylic acids is 1. The van der Waals surface area contributed by atoms with Gasteiger partial charge < -0.3 is 30.2 Å². The van der Waals surface area contributed by atoms with Crippen LogP contribution in [-0.2, 0) is 22.6 Å². The summed E-state index contributed by atoms with van der Waals surface area (Å²) >= 11 is 0. The molecule has 8 nitrogen and oxygen atoms in total. The largest absolute Gasteiger partial charge is 0.454 e. The third-order valence-electron chi connectivity index (χ3n) is 5.08. The molecule has 0 bridgehead atoms. The van der Waals surface area contributed by atoms with E-state index >= 15 is 0 Å². The molecule has 2 aromatic rings. The number of hydrogen-bond donors (Lipinski definition) is 3. The maximum absolute atomic E-state index is 12.3. The number of nitrogens with one attached hydrogen (secondary N) is 3. The van der Waals surface area contributed by atoms with Gasteiger partial charge in [-0.3, -0.25) is 4.79 Å². The molecule has 164 valence electrons. The first kappa shape index (κ1) is 21.0. The number of benzene rings is 2. The minimum Gasteiger partial charge on any atom is -0.454 e. The molecular formula is C23H28N4O4. The topological polar surface area (TPSA) is 93.2 Å². The van der Waals surface area contributed by atoms with E-state index in [2.05, 4.69) is 20.9 Å². The molecule has 31 heavy (non-hydrogen) atoms. The Morgan fingerprint density at radius 1 is 1.10 bits per heavy atom. The third-order valence-corrected chi connectivity index (χ3v) is 5.08. The van der Waals surface area contributed by atoms with Gasteiger partial charge in [-0.15, -0.1) is 0 Å². The number of ether oxygens (including phenoxy) is 3. The number of rotatable bonds is 7. The number of aliphatic imine (C=N–C) groups is 1. The van der Waals surface area contributed by atoms with Gasteiger partial charge in [0.1, 0.15) is 6.10 Å². The summed E-state index contributed by atoms with van der Waals surface area (Å²) in [4.78, 5) is 16.9. The first-order valence-electron chi connectivity index (χ1n) is 10.6. The van der Waals surface area contributed by atoms with E-state index in [9.17, 15) is 4.79 Å². The number of hydrogen-bond acceptors (Lipinski definition) is 5. The standard InChI is InChI=1S/C23H28N4O4/c1-2-24-23(26-14-17-8-9-19-21(12-17)31-15-30-19)25-13-16-5-3-6-18(11-16)27-22(28)20-7-4-10-29-20/h3,5-6,8-9,11-12,20H,2,4,7,10,13-15H2,1H3,(H,27,28)(H2,24,25,26). The van der Waals surface area contributed by atoms with Gasteiger partial charge >= 0.3 is 0 Å². The summed E-state index contributed by atoms with van der Waals surface area (Å²) in [6.07, 6.45) is 1.36. The van der Waals surface area contributed by atoms with Crippen molar-refractivity contribution in [3.05, 3.63) is 53.6 Å². The van der Waals surface area contributed by atoms with Crippen LogP contribution in [-0.4, -0.2) is 37.9 Å². The van der Waals surface area contributed by atoms with E-state index in [0.29, 0.717) is 25.7 Å². The van der Waals surface area contributed by atoms with Crippen LogP contribution in [0.1, 0.15) is 30.9 Å². The van der Waals surface area contributed by atoms with Crippen LogP contribution in [0.25, 0.3) is 0 Å². The summed E-state index contributed by atoms with van der Waals surface area (Å²) in [5, 5.41) is 9.53. The number of fused-ring (bicyclic) bond motifs is 1. The molecule has 1 amide bonds. The van der Waals surface area contributed by atoms with Crippen LogP contribution in [0.15, 0.2) is 47.5 Å². The average Bonchev–Trinajstić information content (AvgIpc) is 3.48. The quantitative estimate of drug-likeness (QED) is 0.468. The summed E-state index contributed by atoms with van der Waals surface area (Å²) in [6, 6.07) is 13.6. The van der Waals surface area contributed by atoms with E-state index in [-0.39, 0.29) is 18.8 Å². The molecule has 2 aliphatic heterocycles. The number of guanidine groups is 1. The second kappa shape index (κ2) is 10.2. The van der Waals surface area contributed by atoms with Crippen LogP contribution >= 0.6 is 0 Å². The second-order valence-corrected chi connectivity index (χ2v) is 7.43. The van der Waals surface area contributed by atoms with E-state index in [1.54, 1.807) is 0 Å². The zero-order valence-electron chi connectivity index (χ0n) is 17.6. The Balaban J connectivity index is 1.35. The third kappa shape index (κ3) is 5.67. The zero-order chi connectivity index (χ0) is 21.5. The lowest BCUT2D eigenvalue weighted by Gasteiger charge is -2.13. The summed E-state index contributed by atoms with van der Waals surface area (Å²) in [5.74, 6) is 2.17. The molecule has 0 aliphatic carbocycles. The van der Waals surface area contributed by atoms with Gasteiger partial charge in [0.05, 0.1) is 6.54 Å². The van der Waals surface area contributed by atoms with Gasteiger partial charge in [0.25, 0.3) is 5.91 Å². The molecule has 1 atom stereocenters. The Hall–Kier alpha value is -3.26. The molecule has 0 aromatic heterocycles. The first-order chi connectivity index (χ1) is 15.2. The normalized spacial score (nSPS) is 17.5. The summed E-state index contributed by atoms with van der Waals surface area (Å²) in [7, 11) is 0. The van der Waals surface area contributed by atoms with E-state index in [1.165, 1.54) is 0 Å². The Kier molecular flexibility index (Phi) is 6.89. The molecule has 1 saturated heterocycles. The maximum Gasteiger partial charge on any atom is 0.253 e. The molecule has 8 heteroatoms. The van der Waals surface area contributed by atoms with Crippen molar-refractivity contribution >= 4 is 17.6 Å². The highest BCUT2D eigenvalue weighted by atomic mass is 16.7. The van der Waals surface area contributed by atoms with Crippen molar-refractivity contribution in [3.8, 4) is 11.5 Å². The van der Waals surface area contributed by atoms with Crippen molar-refractivity contribution in [3.63, 3.8) is 0 Å². The predicted molar refractivity (Wildman–Crippen MR) is 118 cm³/mol. The highest BCUT2D eigenvalue weighted by molar-refractivity contribution is 5.94. The van der Waals surface area contributed by atoms with Crippen LogP contribution in [0.2, 0.25) is 0 Å². The lowest BCUT2D eigenvalue weighted by atomic mass is 10.2. The summed E-state index contributed by atoms with van der Waals surface area (Å²) in [6.45, 7) is 4.80. The molecule has 3 N–H and O–H groups in total. The van der Waals surface area contributed by atoms with Gasteiger partial charge in [0.2, 0.25) is 6.79 Å². The SMILES string of the molecule is CCNC(=NCc1cccc(NC(=O)C2CCCO2)c1)NCc1ccc2c(c1)OCO2. The number of amides is 1. The van der Waals surface area contributed by atoms with Crippen molar-refractivity contribution in [2.75, 3.05) is 25.3 Å². The van der Waals surface area contributed by atoms with Gasteiger partial charge in [0, 0.05) is 25.4 Å². The number of nitrogens with zero attached hydrogens (tertiary/aromatic N) is 1. The van der Waals surface area contributed by atoms with Crippen molar-refractivity contribution in [1.29, 1.82) is 0 Å². The Morgan fingerprint density at radius 3 is 2.84 bits per heavy atom. The van der Waals surface area contributed by atoms with Gasteiger partial charge in [0.15, 0.2) is 17.5 Å². The van der Waals surface area contributed by atoms with Crippen molar-refractivity contribution in [2.45, 2.75) is 39.0 Å². The molecule has 2 heterocycles. The van der Waals surface area contributed by atoms with Crippen LogP contribution in [0.5, 0.6) is 11.5 Å². The van der Waals surface area contributed by atoms with E-state index < -0.39 is 0 Å². The maximum atomic E-state index is 12.3. The number of anilines is 1. The van der Waals surface area contributed by atoms with Gasteiger partial charge in [-0.1, -0.05) is 18.2 Å². The van der Waals surface area contributed by atoms with E-state index in [0.717, 1.165) is 47.7 Å². The first-order valence-corrected chi connectivity index (χ1v) is 10.6. The molecule has 0 spiro atoms. The predicted octanol–water partition coefficient (Wildman–Crippen LogP) is 2.79. The van der Waals surface area contributed by atoms with Gasteiger partial charge in [-0.25, -0.2) is 4.99 Å². The van der Waals surface area contributed by atoms with E-state index in [1.807, 2.05) is 49.4 Å². The van der Waals surface area contributed by atoms with Gasteiger partial charge in [-0.2, -0.15) is 0 Å². The average molecular weight is 425 g/mol. The van der Waals surface area contributed by atoms with Crippen molar-refractivity contribution in [2.24, 2.45) is 4.99 Å². The molecule has 1 fully saturated rings.